The molecule has 0 aliphatic carbocycles. The molecular formula is C27H29N3O7S. The first-order valence-corrected chi connectivity index (χ1v) is 13.1. The molecule has 2 aliphatic rings. The summed E-state index contributed by atoms with van der Waals surface area (Å²) in [5.74, 6) is 1.79. The van der Waals surface area contributed by atoms with E-state index in [2.05, 4.69) is 9.89 Å². The van der Waals surface area contributed by atoms with Crippen molar-refractivity contribution in [2.75, 3.05) is 52.0 Å². The molecule has 1 aromatic carbocycles. The van der Waals surface area contributed by atoms with Crippen molar-refractivity contribution in [1.29, 1.82) is 0 Å². The van der Waals surface area contributed by atoms with Gasteiger partial charge in [0.2, 0.25) is 0 Å². The number of thiazole rings is 1. The Bertz CT molecular complexity index is 1560. The Morgan fingerprint density at radius 1 is 1.16 bits per heavy atom. The predicted molar refractivity (Wildman–Crippen MR) is 142 cm³/mol. The first-order valence-electron chi connectivity index (χ1n) is 12.3. The maximum absolute atomic E-state index is 13.8. The number of furan rings is 1. The molecule has 1 atom stereocenters. The van der Waals surface area contributed by atoms with Crippen LogP contribution < -0.4 is 29.3 Å². The number of fused-ring (bicyclic) bond motifs is 1. The number of hydrogen-bond acceptors (Lipinski definition) is 10. The number of nitrogens with zero attached hydrogens (tertiary/aromatic N) is 3. The number of methoxy groups -OCH3 is 2. The zero-order valence-corrected chi connectivity index (χ0v) is 22.5. The standard InChI is InChI=1S/C27H29N3O7S/c1-5-36-26(32)23-16(2)28-27-30(24(23)17-6-8-19(33-3)20(14-17)34-4)25(31)21(38-27)15-18-7-9-22(37-18)29-10-12-35-13-11-29/h6-9,14-15,24H,5,10-13H2,1-4H3/t24-/m1/s1. The summed E-state index contributed by atoms with van der Waals surface area (Å²) in [4.78, 5) is 34.1. The third-order valence-electron chi connectivity index (χ3n) is 6.45. The summed E-state index contributed by atoms with van der Waals surface area (Å²) in [5.41, 5.74) is 1.17. The van der Waals surface area contributed by atoms with Crippen LogP contribution in [0.4, 0.5) is 5.88 Å². The highest BCUT2D eigenvalue weighted by Crippen LogP contribution is 2.36. The molecule has 38 heavy (non-hydrogen) atoms. The second-order valence-corrected chi connectivity index (χ2v) is 9.70. The number of morpholine rings is 1. The first kappa shape index (κ1) is 25.8. The van der Waals surface area contributed by atoms with Gasteiger partial charge in [-0.05, 0) is 37.6 Å². The van der Waals surface area contributed by atoms with E-state index in [9.17, 15) is 9.59 Å². The SMILES string of the molecule is CCOC(=O)C1=C(C)N=c2sc(=Cc3ccc(N4CCOCC4)o3)c(=O)n2[C@@H]1c1ccc(OC)c(OC)c1. The number of benzene rings is 1. The van der Waals surface area contributed by atoms with Crippen LogP contribution in [-0.4, -0.2) is 57.7 Å². The van der Waals surface area contributed by atoms with Gasteiger partial charge in [-0.15, -0.1) is 0 Å². The van der Waals surface area contributed by atoms with E-state index in [1.807, 2.05) is 18.2 Å². The number of ether oxygens (including phenoxy) is 4. The average molecular weight is 540 g/mol. The van der Waals surface area contributed by atoms with Crippen LogP contribution in [0.15, 0.2) is 55.8 Å². The number of aromatic nitrogens is 1. The fourth-order valence-corrected chi connectivity index (χ4v) is 5.66. The van der Waals surface area contributed by atoms with E-state index >= 15 is 0 Å². The van der Waals surface area contributed by atoms with Gasteiger partial charge >= 0.3 is 5.97 Å². The van der Waals surface area contributed by atoms with Gasteiger partial charge in [0.15, 0.2) is 22.2 Å². The van der Waals surface area contributed by atoms with Crippen LogP contribution in [0.25, 0.3) is 6.08 Å². The molecule has 0 amide bonds. The van der Waals surface area contributed by atoms with Gasteiger partial charge in [0.25, 0.3) is 5.56 Å². The largest absolute Gasteiger partial charge is 0.493 e. The second-order valence-electron chi connectivity index (χ2n) is 8.69. The van der Waals surface area contributed by atoms with E-state index in [0.29, 0.717) is 56.6 Å². The lowest BCUT2D eigenvalue weighted by Crippen LogP contribution is -2.39. The zero-order valence-electron chi connectivity index (χ0n) is 21.7. The smallest absolute Gasteiger partial charge is 0.338 e. The van der Waals surface area contributed by atoms with Gasteiger partial charge in [-0.1, -0.05) is 17.4 Å². The summed E-state index contributed by atoms with van der Waals surface area (Å²) in [5, 5.41) is 0. The first-order chi connectivity index (χ1) is 18.4. The molecular weight excluding hydrogens is 510 g/mol. The van der Waals surface area contributed by atoms with Crippen molar-refractivity contribution in [3.63, 3.8) is 0 Å². The summed E-state index contributed by atoms with van der Waals surface area (Å²) >= 11 is 1.24. The number of hydrogen-bond donors (Lipinski definition) is 0. The lowest BCUT2D eigenvalue weighted by atomic mass is 9.95. The third kappa shape index (κ3) is 4.74. The third-order valence-corrected chi connectivity index (χ3v) is 7.43. The zero-order chi connectivity index (χ0) is 26.8. The van der Waals surface area contributed by atoms with E-state index in [1.165, 1.54) is 23.0 Å². The van der Waals surface area contributed by atoms with Crippen LogP contribution >= 0.6 is 11.3 Å². The van der Waals surface area contributed by atoms with Gasteiger partial charge in [0, 0.05) is 25.2 Å². The molecule has 1 fully saturated rings. The number of carbonyl (C=O) groups excluding carboxylic acids is 1. The summed E-state index contributed by atoms with van der Waals surface area (Å²) in [7, 11) is 3.09. The number of carbonyl (C=O) groups is 1. The summed E-state index contributed by atoms with van der Waals surface area (Å²) in [6.45, 7) is 6.47. The van der Waals surface area contributed by atoms with Gasteiger partial charge in [-0.25, -0.2) is 9.79 Å². The highest BCUT2D eigenvalue weighted by atomic mass is 32.1. The minimum Gasteiger partial charge on any atom is -0.493 e. The highest BCUT2D eigenvalue weighted by molar-refractivity contribution is 7.07. The Kier molecular flexibility index (Phi) is 7.39. The molecule has 0 N–H and O–H groups in total. The number of anilines is 1. The molecule has 200 valence electrons. The average Bonchev–Trinajstić information content (AvgIpc) is 3.52. The Balaban J connectivity index is 1.63. The van der Waals surface area contributed by atoms with Crippen LogP contribution in [-0.2, 0) is 14.3 Å². The van der Waals surface area contributed by atoms with Crippen molar-refractivity contribution < 1.29 is 28.2 Å². The number of allylic oxidation sites excluding steroid dienone is 1. The summed E-state index contributed by atoms with van der Waals surface area (Å²) < 4.78 is 29.6. The van der Waals surface area contributed by atoms with E-state index in [1.54, 1.807) is 39.2 Å². The van der Waals surface area contributed by atoms with Gasteiger partial charge in [0.1, 0.15) is 5.76 Å². The topological polar surface area (TPSA) is 105 Å². The summed E-state index contributed by atoms with van der Waals surface area (Å²) in [6.07, 6.45) is 1.71. The van der Waals surface area contributed by atoms with Crippen molar-refractivity contribution in [2.24, 2.45) is 4.99 Å². The van der Waals surface area contributed by atoms with Crippen LogP contribution in [0.3, 0.4) is 0 Å². The molecule has 0 bridgehead atoms. The molecule has 0 spiro atoms. The van der Waals surface area contributed by atoms with E-state index in [0.717, 1.165) is 19.0 Å². The molecule has 3 aromatic rings. The van der Waals surface area contributed by atoms with Crippen molar-refractivity contribution in [2.45, 2.75) is 19.9 Å². The van der Waals surface area contributed by atoms with Gasteiger partial charge in [-0.3, -0.25) is 9.36 Å². The Morgan fingerprint density at radius 3 is 2.63 bits per heavy atom. The van der Waals surface area contributed by atoms with Crippen LogP contribution in [0.1, 0.15) is 31.2 Å². The number of esters is 1. The molecule has 10 nitrogen and oxygen atoms in total. The molecule has 2 aromatic heterocycles. The van der Waals surface area contributed by atoms with Crippen molar-refractivity contribution >= 4 is 29.3 Å². The fraction of sp³-hybridized carbons (Fsp3) is 0.370. The van der Waals surface area contributed by atoms with Crippen molar-refractivity contribution in [3.8, 4) is 11.5 Å². The lowest BCUT2D eigenvalue weighted by Gasteiger charge is -2.26. The van der Waals surface area contributed by atoms with Crippen molar-refractivity contribution in [3.05, 3.63) is 72.6 Å². The molecule has 0 saturated carbocycles. The van der Waals surface area contributed by atoms with Crippen LogP contribution in [0, 0.1) is 0 Å². The predicted octanol–water partition coefficient (Wildman–Crippen LogP) is 2.25. The number of rotatable bonds is 7. The molecule has 1 saturated heterocycles. The highest BCUT2D eigenvalue weighted by Gasteiger charge is 2.34. The quantitative estimate of drug-likeness (QED) is 0.421. The molecule has 5 rings (SSSR count). The Labute approximate surface area is 223 Å². The molecule has 0 radical (unpaired) electrons. The summed E-state index contributed by atoms with van der Waals surface area (Å²) in [6, 6.07) is 8.29. The molecule has 4 heterocycles. The van der Waals surface area contributed by atoms with E-state index in [4.69, 9.17) is 23.4 Å². The van der Waals surface area contributed by atoms with Gasteiger partial charge in [0.05, 0.1) is 55.9 Å². The van der Waals surface area contributed by atoms with Gasteiger partial charge < -0.3 is 28.3 Å². The maximum atomic E-state index is 13.8. The lowest BCUT2D eigenvalue weighted by molar-refractivity contribution is -0.139. The minimum atomic E-state index is -0.757. The van der Waals surface area contributed by atoms with E-state index < -0.39 is 12.0 Å². The Hall–Kier alpha value is -3.83. The molecule has 11 heteroatoms. The normalized spacial score (nSPS) is 17.7. The minimum absolute atomic E-state index is 0.197. The second kappa shape index (κ2) is 10.9. The Morgan fingerprint density at radius 2 is 1.92 bits per heavy atom. The monoisotopic (exact) mass is 539 g/mol. The van der Waals surface area contributed by atoms with Crippen molar-refractivity contribution in [1.82, 2.24) is 4.57 Å². The van der Waals surface area contributed by atoms with E-state index in [-0.39, 0.29) is 12.2 Å². The van der Waals surface area contributed by atoms with Gasteiger partial charge in [-0.2, -0.15) is 0 Å². The van der Waals surface area contributed by atoms with Crippen LogP contribution in [0.5, 0.6) is 11.5 Å². The fourth-order valence-electron chi connectivity index (χ4n) is 4.63. The maximum Gasteiger partial charge on any atom is 0.338 e. The van der Waals surface area contributed by atoms with Crippen LogP contribution in [0.2, 0.25) is 0 Å². The molecule has 0 unspecified atom stereocenters. The molecule has 2 aliphatic heterocycles.